The van der Waals surface area contributed by atoms with Gasteiger partial charge in [0, 0.05) is 74.1 Å². The maximum absolute atomic E-state index is 13.0. The number of aromatic nitrogens is 4. The van der Waals surface area contributed by atoms with Crippen LogP contribution in [0.5, 0.6) is 17.2 Å². The highest BCUT2D eigenvalue weighted by Gasteiger charge is 2.34. The number of likely N-dealkylation sites (N-methyl/N-ethyl adjacent to an activating group) is 1. The first-order chi connectivity index (χ1) is 21.4. The lowest BCUT2D eigenvalue weighted by molar-refractivity contribution is -0.129. The van der Waals surface area contributed by atoms with Crippen molar-refractivity contribution in [2.45, 2.75) is 13.0 Å². The Morgan fingerprint density at radius 3 is 2.89 bits per heavy atom. The minimum Gasteiger partial charge on any atom is -0.489 e. The molecule has 44 heavy (non-hydrogen) atoms. The Balaban J connectivity index is 1.10. The molecule has 1 saturated heterocycles. The molecule has 1 N–H and O–H groups in total. The van der Waals surface area contributed by atoms with E-state index in [9.17, 15) is 4.79 Å². The van der Waals surface area contributed by atoms with Crippen molar-refractivity contribution in [3.8, 4) is 17.2 Å². The summed E-state index contributed by atoms with van der Waals surface area (Å²) in [7, 11) is 3.97. The number of nitrogens with zero attached hydrogens (tertiary/aromatic N) is 7. The van der Waals surface area contributed by atoms with Crippen LogP contribution >= 0.6 is 0 Å². The Morgan fingerprint density at radius 2 is 2.02 bits per heavy atom. The molecule has 0 spiro atoms. The Hall–Kier alpha value is -5.16. The first-order valence-electron chi connectivity index (χ1n) is 14.7. The van der Waals surface area contributed by atoms with Crippen molar-refractivity contribution in [2.75, 3.05) is 57.1 Å². The van der Waals surface area contributed by atoms with Gasteiger partial charge in [-0.1, -0.05) is 6.08 Å². The van der Waals surface area contributed by atoms with Crippen LogP contribution in [-0.4, -0.2) is 88.0 Å². The molecule has 5 heterocycles. The van der Waals surface area contributed by atoms with E-state index in [-0.39, 0.29) is 11.9 Å². The molecule has 2 aliphatic rings. The SMILES string of the molecule is Cc1cc(Nc2ncnc3cc4c(cc23)N2CCN(C(=O)/C=C/CN(C)C)[C@H](CO4)C2)ccc1Oc1ccn2ccnc2c1. The number of hydrogen-bond acceptors (Lipinski definition) is 9. The number of rotatable bonds is 7. The number of fused-ring (bicyclic) bond motifs is 6. The van der Waals surface area contributed by atoms with Crippen LogP contribution in [0, 0.1) is 6.92 Å². The molecule has 0 aliphatic carbocycles. The maximum Gasteiger partial charge on any atom is 0.246 e. The summed E-state index contributed by atoms with van der Waals surface area (Å²) >= 11 is 0. The molecule has 0 unspecified atom stereocenters. The number of anilines is 3. The number of aryl methyl sites for hydroxylation is 1. The summed E-state index contributed by atoms with van der Waals surface area (Å²) in [6.45, 7) is 5.23. The molecule has 0 saturated carbocycles. The molecular formula is C33H34N8O3. The van der Waals surface area contributed by atoms with E-state index in [0.29, 0.717) is 25.5 Å². The molecule has 2 aliphatic heterocycles. The van der Waals surface area contributed by atoms with Gasteiger partial charge in [0.15, 0.2) is 0 Å². The van der Waals surface area contributed by atoms with Crippen molar-refractivity contribution in [2.24, 2.45) is 0 Å². The van der Waals surface area contributed by atoms with Gasteiger partial charge in [0.05, 0.1) is 17.2 Å². The summed E-state index contributed by atoms with van der Waals surface area (Å²) in [5, 5.41) is 4.38. The van der Waals surface area contributed by atoms with Crippen LogP contribution < -0.4 is 19.7 Å². The minimum atomic E-state index is -0.0372. The average Bonchev–Trinajstić information content (AvgIpc) is 3.44. The highest BCUT2D eigenvalue weighted by atomic mass is 16.5. The molecule has 1 amide bonds. The number of amides is 1. The third-order valence-corrected chi connectivity index (χ3v) is 8.02. The normalized spacial score (nSPS) is 16.3. The number of pyridine rings is 1. The predicted molar refractivity (Wildman–Crippen MR) is 170 cm³/mol. The highest BCUT2D eigenvalue weighted by molar-refractivity contribution is 5.95. The summed E-state index contributed by atoms with van der Waals surface area (Å²) < 4.78 is 14.4. The number of carbonyl (C=O) groups is 1. The molecule has 11 nitrogen and oxygen atoms in total. The Kier molecular flexibility index (Phi) is 7.23. The second-order valence-corrected chi connectivity index (χ2v) is 11.4. The van der Waals surface area contributed by atoms with E-state index in [4.69, 9.17) is 9.47 Å². The fourth-order valence-electron chi connectivity index (χ4n) is 5.75. The number of carbonyl (C=O) groups excluding carboxylic acids is 1. The van der Waals surface area contributed by atoms with Gasteiger partial charge in [-0.05, 0) is 56.9 Å². The molecule has 7 rings (SSSR count). The van der Waals surface area contributed by atoms with Crippen molar-refractivity contribution in [1.82, 2.24) is 29.2 Å². The molecule has 3 aromatic heterocycles. The lowest BCUT2D eigenvalue weighted by Gasteiger charge is -2.39. The summed E-state index contributed by atoms with van der Waals surface area (Å²) in [5.74, 6) is 3.00. The molecule has 5 aromatic rings. The van der Waals surface area contributed by atoms with Gasteiger partial charge in [-0.25, -0.2) is 15.0 Å². The number of ether oxygens (including phenoxy) is 2. The van der Waals surface area contributed by atoms with E-state index in [2.05, 4.69) is 31.2 Å². The monoisotopic (exact) mass is 590 g/mol. The second-order valence-electron chi connectivity index (χ2n) is 11.4. The van der Waals surface area contributed by atoms with Gasteiger partial charge >= 0.3 is 0 Å². The molecule has 2 bridgehead atoms. The summed E-state index contributed by atoms with van der Waals surface area (Å²) in [6.07, 6.45) is 10.7. The van der Waals surface area contributed by atoms with E-state index >= 15 is 0 Å². The summed E-state index contributed by atoms with van der Waals surface area (Å²) in [6, 6.07) is 13.8. The van der Waals surface area contributed by atoms with Crippen molar-refractivity contribution in [1.29, 1.82) is 0 Å². The summed E-state index contributed by atoms with van der Waals surface area (Å²) in [5.41, 5.74) is 4.47. The quantitative estimate of drug-likeness (QED) is 0.272. The van der Waals surface area contributed by atoms with Gasteiger partial charge in [0.25, 0.3) is 0 Å². The number of benzene rings is 2. The van der Waals surface area contributed by atoms with Crippen LogP contribution in [-0.2, 0) is 4.79 Å². The van der Waals surface area contributed by atoms with Gasteiger partial charge in [-0.3, -0.25) is 4.79 Å². The second kappa shape index (κ2) is 11.5. The number of piperazine rings is 1. The first kappa shape index (κ1) is 27.7. The molecule has 1 atom stereocenters. The van der Waals surface area contributed by atoms with E-state index in [1.807, 2.05) is 90.1 Å². The third kappa shape index (κ3) is 5.49. The van der Waals surface area contributed by atoms with Crippen molar-refractivity contribution in [3.63, 3.8) is 0 Å². The minimum absolute atomic E-state index is 0.0272. The van der Waals surface area contributed by atoms with Crippen LogP contribution in [0.1, 0.15) is 5.56 Å². The topological polar surface area (TPSA) is 100 Å². The van der Waals surface area contributed by atoms with Crippen molar-refractivity contribution < 1.29 is 14.3 Å². The Labute approximate surface area is 255 Å². The first-order valence-corrected chi connectivity index (χ1v) is 14.7. The maximum atomic E-state index is 13.0. The zero-order valence-electron chi connectivity index (χ0n) is 25.0. The Morgan fingerprint density at radius 1 is 1.11 bits per heavy atom. The fraction of sp³-hybridized carbons (Fsp3) is 0.273. The average molecular weight is 591 g/mol. The van der Waals surface area contributed by atoms with Crippen LogP contribution in [0.4, 0.5) is 17.2 Å². The molecule has 1 fully saturated rings. The lowest BCUT2D eigenvalue weighted by Crippen LogP contribution is -2.56. The molecule has 0 radical (unpaired) electrons. The van der Waals surface area contributed by atoms with Crippen LogP contribution in [0.25, 0.3) is 16.6 Å². The third-order valence-electron chi connectivity index (χ3n) is 8.02. The van der Waals surface area contributed by atoms with Crippen molar-refractivity contribution >= 4 is 39.6 Å². The number of imidazole rings is 1. The summed E-state index contributed by atoms with van der Waals surface area (Å²) in [4.78, 5) is 32.7. The smallest absolute Gasteiger partial charge is 0.246 e. The van der Waals surface area contributed by atoms with Crippen molar-refractivity contribution in [3.05, 3.63) is 85.1 Å². The van der Waals surface area contributed by atoms with Crippen LogP contribution in [0.3, 0.4) is 0 Å². The van der Waals surface area contributed by atoms with E-state index < -0.39 is 0 Å². The van der Waals surface area contributed by atoms with Gasteiger partial charge in [-0.15, -0.1) is 0 Å². The van der Waals surface area contributed by atoms with Crippen LogP contribution in [0.2, 0.25) is 0 Å². The largest absolute Gasteiger partial charge is 0.489 e. The van der Waals surface area contributed by atoms with E-state index in [0.717, 1.165) is 63.8 Å². The molecular weight excluding hydrogens is 556 g/mol. The predicted octanol–water partition coefficient (Wildman–Crippen LogP) is 4.65. The fourth-order valence-corrected chi connectivity index (χ4v) is 5.75. The van der Waals surface area contributed by atoms with Gasteiger partial charge in [0.2, 0.25) is 5.91 Å². The van der Waals surface area contributed by atoms with Gasteiger partial charge < -0.3 is 33.9 Å². The highest BCUT2D eigenvalue weighted by Crippen LogP contribution is 2.39. The Bertz CT molecular complexity index is 1880. The lowest BCUT2D eigenvalue weighted by atomic mass is 10.1. The van der Waals surface area contributed by atoms with E-state index in [1.165, 1.54) is 0 Å². The zero-order chi connectivity index (χ0) is 30.2. The number of nitrogens with one attached hydrogen (secondary N) is 1. The zero-order valence-corrected chi connectivity index (χ0v) is 25.0. The molecule has 11 heteroatoms. The number of hydrogen-bond donors (Lipinski definition) is 1. The molecule has 224 valence electrons. The van der Waals surface area contributed by atoms with Gasteiger partial charge in [-0.2, -0.15) is 0 Å². The standard InChI is InChI=1S/C33H34N8O3/c1-22-15-23(6-7-29(22)44-25-8-11-39-12-9-34-31(39)16-25)37-33-26-17-28-30(18-27(26)35-21-36-33)43-20-24-19-40(28)13-14-41(24)32(42)5-4-10-38(2)3/h4-9,11-12,15-18,21,24H,10,13-14,19-20H2,1-3H3,(H,35,36,37)/b5-4+/t24-/m0/s1. The van der Waals surface area contributed by atoms with E-state index in [1.54, 1.807) is 18.6 Å². The molecule has 2 aromatic carbocycles. The van der Waals surface area contributed by atoms with Gasteiger partial charge in [0.1, 0.15) is 41.6 Å². The van der Waals surface area contributed by atoms with Crippen LogP contribution in [0.15, 0.2) is 79.5 Å².